The molecule has 0 spiro atoms. The maximum atomic E-state index is 12.8. The number of carbonyl (C=O) groups is 3. The predicted octanol–water partition coefficient (Wildman–Crippen LogP) is 20.7. The summed E-state index contributed by atoms with van der Waals surface area (Å²) >= 11 is 0. The van der Waals surface area contributed by atoms with Crippen LogP contribution in [0, 0.1) is 0 Å². The highest BCUT2D eigenvalue weighted by Gasteiger charge is 2.19. The summed E-state index contributed by atoms with van der Waals surface area (Å²) in [5.74, 6) is -0.835. The largest absolute Gasteiger partial charge is 0.462 e. The topological polar surface area (TPSA) is 78.9 Å². The van der Waals surface area contributed by atoms with Gasteiger partial charge in [0, 0.05) is 19.3 Å². The van der Waals surface area contributed by atoms with E-state index < -0.39 is 6.10 Å². The van der Waals surface area contributed by atoms with Crippen molar-refractivity contribution in [3.05, 3.63) is 0 Å². The molecule has 0 aromatic rings. The van der Waals surface area contributed by atoms with Gasteiger partial charge in [-0.25, -0.2) is 0 Å². The molecule has 0 heterocycles. The molecule has 0 aromatic carbocycles. The van der Waals surface area contributed by atoms with Crippen LogP contribution in [-0.2, 0) is 28.6 Å². The van der Waals surface area contributed by atoms with E-state index in [9.17, 15) is 14.4 Å². The van der Waals surface area contributed by atoms with Crippen LogP contribution in [0.3, 0.4) is 0 Å². The first-order chi connectivity index (χ1) is 33.5. The third-order valence-electron chi connectivity index (χ3n) is 14.4. The second-order valence-electron chi connectivity index (χ2n) is 21.3. The average molecular weight is 962 g/mol. The van der Waals surface area contributed by atoms with E-state index in [1.807, 2.05) is 0 Å². The van der Waals surface area contributed by atoms with Crippen LogP contribution in [0.25, 0.3) is 0 Å². The van der Waals surface area contributed by atoms with E-state index in [0.717, 1.165) is 57.8 Å². The summed E-state index contributed by atoms with van der Waals surface area (Å²) in [6.07, 6.45) is 65.6. The first-order valence-corrected chi connectivity index (χ1v) is 31.0. The van der Waals surface area contributed by atoms with Crippen molar-refractivity contribution in [2.24, 2.45) is 0 Å². The Morgan fingerprint density at radius 1 is 0.235 bits per heavy atom. The van der Waals surface area contributed by atoms with Crippen LogP contribution in [0.15, 0.2) is 0 Å². The number of carbonyl (C=O) groups excluding carboxylic acids is 3. The molecule has 0 aliphatic carbocycles. The van der Waals surface area contributed by atoms with Crippen molar-refractivity contribution in [2.75, 3.05) is 13.2 Å². The van der Waals surface area contributed by atoms with E-state index >= 15 is 0 Å². The molecule has 6 nitrogen and oxygen atoms in total. The molecule has 6 heteroatoms. The van der Waals surface area contributed by atoms with Crippen LogP contribution >= 0.6 is 0 Å². The number of rotatable bonds is 58. The molecule has 0 bridgehead atoms. The monoisotopic (exact) mass is 961 g/mol. The van der Waals surface area contributed by atoms with Crippen LogP contribution in [-0.4, -0.2) is 37.2 Å². The molecule has 0 saturated heterocycles. The highest BCUT2D eigenvalue weighted by atomic mass is 16.6. The summed E-state index contributed by atoms with van der Waals surface area (Å²) < 4.78 is 16.9. The molecular weight excluding hydrogens is 841 g/mol. The third kappa shape index (κ3) is 55.3. The molecule has 1 unspecified atom stereocenters. The van der Waals surface area contributed by atoms with Crippen molar-refractivity contribution in [1.82, 2.24) is 0 Å². The number of ether oxygens (including phenoxy) is 3. The first-order valence-electron chi connectivity index (χ1n) is 31.0. The van der Waals surface area contributed by atoms with Crippen molar-refractivity contribution < 1.29 is 28.6 Å². The van der Waals surface area contributed by atoms with Crippen molar-refractivity contribution >= 4 is 17.9 Å². The highest BCUT2D eigenvalue weighted by Crippen LogP contribution is 2.18. The van der Waals surface area contributed by atoms with Crippen molar-refractivity contribution in [3.8, 4) is 0 Å². The highest BCUT2D eigenvalue weighted by molar-refractivity contribution is 5.71. The zero-order valence-electron chi connectivity index (χ0n) is 46.4. The number of unbranched alkanes of at least 4 members (excludes halogenated alkanes) is 47. The smallest absolute Gasteiger partial charge is 0.306 e. The van der Waals surface area contributed by atoms with Gasteiger partial charge in [-0.15, -0.1) is 0 Å². The minimum Gasteiger partial charge on any atom is -0.462 e. The van der Waals surface area contributed by atoms with Crippen LogP contribution in [0.4, 0.5) is 0 Å². The second kappa shape index (κ2) is 58.0. The normalized spacial score (nSPS) is 11.9. The van der Waals surface area contributed by atoms with Crippen LogP contribution in [0.1, 0.15) is 361 Å². The molecule has 0 radical (unpaired) electrons. The molecule has 0 aliphatic heterocycles. The zero-order chi connectivity index (χ0) is 49.3. The lowest BCUT2D eigenvalue weighted by Gasteiger charge is -2.18. The van der Waals surface area contributed by atoms with Gasteiger partial charge in [0.15, 0.2) is 6.10 Å². The molecule has 0 N–H and O–H groups in total. The van der Waals surface area contributed by atoms with Crippen LogP contribution < -0.4 is 0 Å². The summed E-state index contributed by atoms with van der Waals surface area (Å²) in [5.41, 5.74) is 0. The van der Waals surface area contributed by atoms with Gasteiger partial charge in [-0.3, -0.25) is 14.4 Å². The Hall–Kier alpha value is -1.59. The number of esters is 3. The molecule has 0 aliphatic rings. The van der Waals surface area contributed by atoms with Gasteiger partial charge in [-0.05, 0) is 19.3 Å². The van der Waals surface area contributed by atoms with Crippen molar-refractivity contribution in [3.63, 3.8) is 0 Å². The van der Waals surface area contributed by atoms with Gasteiger partial charge in [0.1, 0.15) is 13.2 Å². The molecule has 68 heavy (non-hydrogen) atoms. The molecule has 0 saturated carbocycles. The second-order valence-corrected chi connectivity index (χ2v) is 21.3. The number of hydrogen-bond acceptors (Lipinski definition) is 6. The van der Waals surface area contributed by atoms with Crippen molar-refractivity contribution in [1.29, 1.82) is 0 Å². The third-order valence-corrected chi connectivity index (χ3v) is 14.4. The van der Waals surface area contributed by atoms with Gasteiger partial charge in [-0.1, -0.05) is 323 Å². The summed E-state index contributed by atoms with van der Waals surface area (Å²) in [6.45, 7) is 6.69. The summed E-state index contributed by atoms with van der Waals surface area (Å²) in [5, 5.41) is 0. The van der Waals surface area contributed by atoms with Crippen LogP contribution in [0.5, 0.6) is 0 Å². The van der Waals surface area contributed by atoms with E-state index in [4.69, 9.17) is 14.2 Å². The fraction of sp³-hybridized carbons (Fsp3) is 0.952. The Kier molecular flexibility index (Phi) is 56.6. The lowest BCUT2D eigenvalue weighted by Crippen LogP contribution is -2.30. The fourth-order valence-electron chi connectivity index (χ4n) is 9.68. The zero-order valence-corrected chi connectivity index (χ0v) is 46.4. The van der Waals surface area contributed by atoms with Gasteiger partial charge in [0.2, 0.25) is 0 Å². The standard InChI is InChI=1S/C62H120O6/c1-4-7-10-13-16-19-21-23-25-27-29-30-31-32-34-35-37-39-41-43-46-49-52-55-61(64)67-58-59(57-66-60(63)54-51-48-45-18-15-12-9-6-3)68-62(65)56-53-50-47-44-42-40-38-36-33-28-26-24-22-20-17-14-11-8-5-2/h59H,4-58H2,1-3H3. The Labute approximate surface area is 425 Å². The predicted molar refractivity (Wildman–Crippen MR) is 294 cm³/mol. The Bertz CT molecular complexity index is 1010. The van der Waals surface area contributed by atoms with E-state index in [-0.39, 0.29) is 31.1 Å². The van der Waals surface area contributed by atoms with Crippen molar-refractivity contribution in [2.45, 2.75) is 367 Å². The molecule has 0 amide bonds. The van der Waals surface area contributed by atoms with Gasteiger partial charge in [-0.2, -0.15) is 0 Å². The molecule has 0 fully saturated rings. The maximum absolute atomic E-state index is 12.8. The Morgan fingerprint density at radius 3 is 0.588 bits per heavy atom. The van der Waals surface area contributed by atoms with E-state index in [1.165, 1.54) is 263 Å². The molecule has 404 valence electrons. The minimum absolute atomic E-state index is 0.0613. The first kappa shape index (κ1) is 66.4. The van der Waals surface area contributed by atoms with Gasteiger partial charge >= 0.3 is 17.9 Å². The fourth-order valence-corrected chi connectivity index (χ4v) is 9.68. The van der Waals surface area contributed by atoms with E-state index in [2.05, 4.69) is 20.8 Å². The van der Waals surface area contributed by atoms with Crippen LogP contribution in [0.2, 0.25) is 0 Å². The van der Waals surface area contributed by atoms with Gasteiger partial charge in [0.25, 0.3) is 0 Å². The molecule has 0 rings (SSSR count). The summed E-state index contributed by atoms with van der Waals surface area (Å²) in [4.78, 5) is 38.1. The minimum atomic E-state index is -0.761. The molecule has 1 atom stereocenters. The quantitative estimate of drug-likeness (QED) is 0.0343. The summed E-state index contributed by atoms with van der Waals surface area (Å²) in [6, 6.07) is 0. The lowest BCUT2D eigenvalue weighted by atomic mass is 10.0. The van der Waals surface area contributed by atoms with E-state index in [0.29, 0.717) is 19.3 Å². The molecule has 0 aromatic heterocycles. The average Bonchev–Trinajstić information content (AvgIpc) is 3.34. The molecular formula is C62H120O6. The SMILES string of the molecule is CCCCCCCCCCCCCCCCCCCCCCCCCC(=O)OCC(COC(=O)CCCCCCCCCC)OC(=O)CCCCCCCCCCCCCCCCCCCCC. The van der Waals surface area contributed by atoms with E-state index in [1.54, 1.807) is 0 Å². The Morgan fingerprint density at radius 2 is 0.397 bits per heavy atom. The lowest BCUT2D eigenvalue weighted by molar-refractivity contribution is -0.167. The Balaban J connectivity index is 4.11. The summed E-state index contributed by atoms with van der Waals surface area (Å²) in [7, 11) is 0. The van der Waals surface area contributed by atoms with Gasteiger partial charge < -0.3 is 14.2 Å². The number of hydrogen-bond donors (Lipinski definition) is 0. The maximum Gasteiger partial charge on any atom is 0.306 e. The van der Waals surface area contributed by atoms with Gasteiger partial charge in [0.05, 0.1) is 0 Å².